The molecule has 0 radical (unpaired) electrons. The summed E-state index contributed by atoms with van der Waals surface area (Å²) in [6.45, 7) is 0. The summed E-state index contributed by atoms with van der Waals surface area (Å²) in [5.41, 5.74) is 5.15. The van der Waals surface area contributed by atoms with Crippen LogP contribution in [0.2, 0.25) is 0 Å². The Hall–Kier alpha value is -3.92. The molecule has 0 aliphatic carbocycles. The Balaban J connectivity index is 1.47. The van der Waals surface area contributed by atoms with Crippen molar-refractivity contribution < 1.29 is 13.2 Å². The van der Waals surface area contributed by atoms with Crippen LogP contribution in [-0.4, -0.2) is 4.98 Å². The Morgan fingerprint density at radius 2 is 1.03 bits per heavy atom. The maximum Gasteiger partial charge on any atom is 0.416 e. The highest BCUT2D eigenvalue weighted by molar-refractivity contribution is 5.91. The maximum atomic E-state index is 12.9. The zero-order valence-electron chi connectivity index (χ0n) is 17.0. The van der Waals surface area contributed by atoms with Gasteiger partial charge in [-0.05, 0) is 69.4 Å². The smallest absolute Gasteiger partial charge is 0.256 e. The van der Waals surface area contributed by atoms with Crippen LogP contribution in [0, 0.1) is 0 Å². The summed E-state index contributed by atoms with van der Waals surface area (Å²) in [5.74, 6) is 0. The molecule has 1 aromatic heterocycles. The number of halogens is 3. The van der Waals surface area contributed by atoms with Gasteiger partial charge in [0.2, 0.25) is 0 Å². The fourth-order valence-electron chi connectivity index (χ4n) is 3.82. The van der Waals surface area contributed by atoms with Crippen molar-refractivity contribution >= 4 is 10.8 Å². The van der Waals surface area contributed by atoms with Crippen molar-refractivity contribution in [1.29, 1.82) is 0 Å². The van der Waals surface area contributed by atoms with Gasteiger partial charge in [0, 0.05) is 11.8 Å². The first-order valence-corrected chi connectivity index (χ1v) is 10.2. The number of fused-ring (bicyclic) bond motifs is 1. The minimum absolute atomic E-state index is 0.640. The second-order valence-corrected chi connectivity index (χ2v) is 7.64. The Bertz CT molecular complexity index is 1370. The third-order valence-corrected chi connectivity index (χ3v) is 5.56. The molecule has 32 heavy (non-hydrogen) atoms. The van der Waals surface area contributed by atoms with E-state index in [9.17, 15) is 13.2 Å². The van der Waals surface area contributed by atoms with Crippen LogP contribution < -0.4 is 0 Å². The van der Waals surface area contributed by atoms with Crippen molar-refractivity contribution in [1.82, 2.24) is 4.98 Å². The van der Waals surface area contributed by atoms with Crippen molar-refractivity contribution in [3.8, 4) is 33.5 Å². The summed E-state index contributed by atoms with van der Waals surface area (Å²) >= 11 is 0. The Morgan fingerprint density at radius 3 is 1.56 bits per heavy atom. The van der Waals surface area contributed by atoms with Crippen molar-refractivity contribution in [3.05, 3.63) is 115 Å². The number of rotatable bonds is 3. The van der Waals surface area contributed by atoms with Gasteiger partial charge in [-0.2, -0.15) is 13.2 Å². The van der Waals surface area contributed by atoms with Crippen LogP contribution in [0.4, 0.5) is 13.2 Å². The van der Waals surface area contributed by atoms with Crippen LogP contribution >= 0.6 is 0 Å². The van der Waals surface area contributed by atoms with E-state index in [0.29, 0.717) is 0 Å². The summed E-state index contributed by atoms with van der Waals surface area (Å²) in [5, 5.41) is 2.11. The number of pyridine rings is 1. The number of hydrogen-bond donors (Lipinski definition) is 0. The summed E-state index contributed by atoms with van der Waals surface area (Å²) < 4.78 is 38.6. The zero-order valence-corrected chi connectivity index (χ0v) is 17.0. The number of aromatic nitrogens is 1. The minimum atomic E-state index is -4.33. The lowest BCUT2D eigenvalue weighted by Gasteiger charge is -2.10. The van der Waals surface area contributed by atoms with Crippen LogP contribution in [0.25, 0.3) is 44.3 Å². The summed E-state index contributed by atoms with van der Waals surface area (Å²) in [6, 6.07) is 31.6. The van der Waals surface area contributed by atoms with Crippen LogP contribution in [0.5, 0.6) is 0 Å². The SMILES string of the molecule is FC(F)(F)c1ccc(-c2ccc3ccc(-c4ccc(-c5ccccn5)cc4)cc3c2)cc1. The molecule has 0 fully saturated rings. The molecule has 0 unspecified atom stereocenters. The molecule has 0 atom stereocenters. The molecular weight excluding hydrogens is 407 g/mol. The second kappa shape index (κ2) is 7.97. The molecule has 5 aromatic rings. The van der Waals surface area contributed by atoms with Gasteiger partial charge in [-0.1, -0.05) is 66.7 Å². The van der Waals surface area contributed by atoms with Gasteiger partial charge in [-0.25, -0.2) is 0 Å². The number of alkyl halides is 3. The average molecular weight is 425 g/mol. The van der Waals surface area contributed by atoms with E-state index in [2.05, 4.69) is 47.4 Å². The van der Waals surface area contributed by atoms with Gasteiger partial charge in [-0.3, -0.25) is 4.98 Å². The minimum Gasteiger partial charge on any atom is -0.256 e. The summed E-state index contributed by atoms with van der Waals surface area (Å²) in [6.07, 6.45) is -2.55. The zero-order chi connectivity index (χ0) is 22.1. The fraction of sp³-hybridized carbons (Fsp3) is 0.0357. The fourth-order valence-corrected chi connectivity index (χ4v) is 3.82. The predicted molar refractivity (Wildman–Crippen MR) is 123 cm³/mol. The first kappa shape index (κ1) is 20.0. The molecule has 0 saturated carbocycles. The molecule has 0 bridgehead atoms. The molecule has 0 N–H and O–H groups in total. The lowest BCUT2D eigenvalue weighted by atomic mass is 9.96. The van der Waals surface area contributed by atoms with E-state index in [1.54, 1.807) is 6.20 Å². The highest BCUT2D eigenvalue weighted by atomic mass is 19.4. The van der Waals surface area contributed by atoms with Crippen LogP contribution in [-0.2, 0) is 6.18 Å². The Labute approximate surface area is 183 Å². The molecule has 4 aromatic carbocycles. The van der Waals surface area contributed by atoms with E-state index < -0.39 is 11.7 Å². The first-order chi connectivity index (χ1) is 15.5. The van der Waals surface area contributed by atoms with E-state index in [0.717, 1.165) is 56.4 Å². The van der Waals surface area contributed by atoms with E-state index in [1.165, 1.54) is 12.1 Å². The highest BCUT2D eigenvalue weighted by Gasteiger charge is 2.29. The van der Waals surface area contributed by atoms with E-state index in [1.807, 2.05) is 36.4 Å². The molecule has 0 aliphatic rings. The van der Waals surface area contributed by atoms with Gasteiger partial charge in [0.05, 0.1) is 11.3 Å². The molecular formula is C28H18F3N. The lowest BCUT2D eigenvalue weighted by molar-refractivity contribution is -0.137. The van der Waals surface area contributed by atoms with Crippen LogP contribution in [0.3, 0.4) is 0 Å². The van der Waals surface area contributed by atoms with Crippen molar-refractivity contribution in [2.24, 2.45) is 0 Å². The molecule has 1 nitrogen and oxygen atoms in total. The summed E-state index contributed by atoms with van der Waals surface area (Å²) in [4.78, 5) is 4.39. The maximum absolute atomic E-state index is 12.9. The molecule has 0 saturated heterocycles. The van der Waals surface area contributed by atoms with Gasteiger partial charge < -0.3 is 0 Å². The van der Waals surface area contributed by atoms with Gasteiger partial charge >= 0.3 is 6.18 Å². The van der Waals surface area contributed by atoms with Crippen molar-refractivity contribution in [2.45, 2.75) is 6.18 Å². The number of benzene rings is 4. The van der Waals surface area contributed by atoms with E-state index in [4.69, 9.17) is 0 Å². The third-order valence-electron chi connectivity index (χ3n) is 5.56. The Morgan fingerprint density at radius 1 is 0.500 bits per heavy atom. The third kappa shape index (κ3) is 4.00. The first-order valence-electron chi connectivity index (χ1n) is 10.2. The molecule has 156 valence electrons. The molecule has 0 aliphatic heterocycles. The summed E-state index contributed by atoms with van der Waals surface area (Å²) in [7, 11) is 0. The average Bonchev–Trinajstić information content (AvgIpc) is 2.83. The van der Waals surface area contributed by atoms with E-state index >= 15 is 0 Å². The Kier molecular flexibility index (Phi) is 4.98. The quantitative estimate of drug-likeness (QED) is 0.284. The molecule has 1 heterocycles. The largest absolute Gasteiger partial charge is 0.416 e. The van der Waals surface area contributed by atoms with Gasteiger partial charge in [-0.15, -0.1) is 0 Å². The van der Waals surface area contributed by atoms with Crippen LogP contribution in [0.15, 0.2) is 109 Å². The van der Waals surface area contributed by atoms with Gasteiger partial charge in [0.15, 0.2) is 0 Å². The number of hydrogen-bond acceptors (Lipinski definition) is 1. The van der Waals surface area contributed by atoms with Gasteiger partial charge in [0.1, 0.15) is 0 Å². The molecule has 0 amide bonds. The van der Waals surface area contributed by atoms with Crippen LogP contribution in [0.1, 0.15) is 5.56 Å². The second-order valence-electron chi connectivity index (χ2n) is 7.64. The topological polar surface area (TPSA) is 12.9 Å². The lowest BCUT2D eigenvalue weighted by Crippen LogP contribution is -2.03. The monoisotopic (exact) mass is 425 g/mol. The highest BCUT2D eigenvalue weighted by Crippen LogP contribution is 2.33. The normalized spacial score (nSPS) is 11.6. The van der Waals surface area contributed by atoms with Crippen molar-refractivity contribution in [3.63, 3.8) is 0 Å². The molecule has 0 spiro atoms. The molecule has 5 rings (SSSR count). The van der Waals surface area contributed by atoms with Crippen molar-refractivity contribution in [2.75, 3.05) is 0 Å². The predicted octanol–water partition coefficient (Wildman–Crippen LogP) is 8.25. The number of nitrogens with zero attached hydrogens (tertiary/aromatic N) is 1. The molecule has 4 heteroatoms. The van der Waals surface area contributed by atoms with E-state index in [-0.39, 0.29) is 0 Å². The van der Waals surface area contributed by atoms with Gasteiger partial charge in [0.25, 0.3) is 0 Å². The standard InChI is InChI=1S/C28H18F3N/c29-28(30,31)26-14-12-20(13-15-26)24-11-7-21-6-10-23(17-25(21)18-24)19-4-8-22(9-5-19)27-3-1-2-16-32-27/h1-18H.